The van der Waals surface area contributed by atoms with Crippen molar-refractivity contribution in [2.45, 2.75) is 6.36 Å². The summed E-state index contributed by atoms with van der Waals surface area (Å²) in [6.07, 6.45) is -2.37. The maximum Gasteiger partial charge on any atom is 0.573 e. The SMILES string of the molecule is NC(=O)c1ccc(OC(F)(F)F)c(C(N)=O)c1-c1cccnc1. The number of ether oxygens (including phenoxy) is 1. The monoisotopic (exact) mass is 325 g/mol. The van der Waals surface area contributed by atoms with Crippen LogP contribution in [0.1, 0.15) is 20.7 Å². The van der Waals surface area contributed by atoms with E-state index in [9.17, 15) is 22.8 Å². The molecular weight excluding hydrogens is 315 g/mol. The number of benzene rings is 1. The Balaban J connectivity index is 2.80. The third kappa shape index (κ3) is 3.57. The summed E-state index contributed by atoms with van der Waals surface area (Å²) < 4.78 is 41.3. The lowest BCUT2D eigenvalue weighted by molar-refractivity contribution is -0.274. The van der Waals surface area contributed by atoms with Gasteiger partial charge in [-0.25, -0.2) is 0 Å². The maximum absolute atomic E-state index is 12.5. The summed E-state index contributed by atoms with van der Waals surface area (Å²) in [6.45, 7) is 0. The van der Waals surface area contributed by atoms with Gasteiger partial charge in [0.05, 0.1) is 5.56 Å². The number of nitrogens with zero attached hydrogens (tertiary/aromatic N) is 1. The molecule has 1 aromatic carbocycles. The van der Waals surface area contributed by atoms with Crippen molar-refractivity contribution in [2.75, 3.05) is 0 Å². The molecule has 120 valence electrons. The number of carbonyl (C=O) groups is 2. The van der Waals surface area contributed by atoms with Gasteiger partial charge in [0.15, 0.2) is 0 Å². The third-order valence-electron chi connectivity index (χ3n) is 2.85. The Bertz CT molecular complexity index is 761. The van der Waals surface area contributed by atoms with E-state index in [0.717, 1.165) is 12.1 Å². The first-order valence-corrected chi connectivity index (χ1v) is 6.13. The van der Waals surface area contributed by atoms with E-state index in [-0.39, 0.29) is 16.7 Å². The molecule has 0 saturated carbocycles. The molecule has 2 amide bonds. The smallest absolute Gasteiger partial charge is 0.405 e. The van der Waals surface area contributed by atoms with Gasteiger partial charge < -0.3 is 16.2 Å². The van der Waals surface area contributed by atoms with Crippen molar-refractivity contribution in [1.82, 2.24) is 4.98 Å². The van der Waals surface area contributed by atoms with Crippen LogP contribution >= 0.6 is 0 Å². The van der Waals surface area contributed by atoms with Crippen LogP contribution in [0.2, 0.25) is 0 Å². The van der Waals surface area contributed by atoms with E-state index < -0.39 is 29.5 Å². The van der Waals surface area contributed by atoms with Crippen molar-refractivity contribution in [2.24, 2.45) is 11.5 Å². The highest BCUT2D eigenvalue weighted by Gasteiger charge is 2.34. The zero-order chi connectivity index (χ0) is 17.2. The second-order valence-corrected chi connectivity index (χ2v) is 4.38. The molecule has 0 aliphatic carbocycles. The summed E-state index contributed by atoms with van der Waals surface area (Å²) in [5.74, 6) is -2.97. The molecule has 0 radical (unpaired) electrons. The number of aromatic nitrogens is 1. The van der Waals surface area contributed by atoms with Crippen LogP contribution in [0.4, 0.5) is 13.2 Å². The molecule has 23 heavy (non-hydrogen) atoms. The molecule has 0 unspecified atom stereocenters. The number of rotatable bonds is 4. The van der Waals surface area contributed by atoms with Crippen LogP contribution in [-0.4, -0.2) is 23.2 Å². The largest absolute Gasteiger partial charge is 0.573 e. The van der Waals surface area contributed by atoms with Crippen molar-refractivity contribution < 1.29 is 27.5 Å². The average molecular weight is 325 g/mol. The van der Waals surface area contributed by atoms with Gasteiger partial charge in [-0.1, -0.05) is 6.07 Å². The minimum absolute atomic E-state index is 0.167. The zero-order valence-corrected chi connectivity index (χ0v) is 11.4. The molecule has 0 atom stereocenters. The van der Waals surface area contributed by atoms with Crippen LogP contribution < -0.4 is 16.2 Å². The summed E-state index contributed by atoms with van der Waals surface area (Å²) in [5.41, 5.74) is 9.65. The molecule has 0 fully saturated rings. The van der Waals surface area contributed by atoms with Gasteiger partial charge in [0, 0.05) is 29.1 Å². The number of halogens is 3. The molecule has 0 aliphatic rings. The molecule has 1 heterocycles. The lowest BCUT2D eigenvalue weighted by Crippen LogP contribution is -2.23. The van der Waals surface area contributed by atoms with Crippen LogP contribution in [0, 0.1) is 0 Å². The summed E-state index contributed by atoms with van der Waals surface area (Å²) in [4.78, 5) is 27.0. The number of amides is 2. The molecule has 0 bridgehead atoms. The molecule has 2 rings (SSSR count). The first-order chi connectivity index (χ1) is 10.7. The number of pyridine rings is 1. The van der Waals surface area contributed by atoms with Gasteiger partial charge in [-0.15, -0.1) is 13.2 Å². The highest BCUT2D eigenvalue weighted by atomic mass is 19.4. The summed E-state index contributed by atoms with van der Waals surface area (Å²) in [5, 5.41) is 0. The quantitative estimate of drug-likeness (QED) is 0.894. The van der Waals surface area contributed by atoms with Crippen molar-refractivity contribution in [1.29, 1.82) is 0 Å². The number of alkyl halides is 3. The molecule has 0 saturated heterocycles. The molecular formula is C14H10F3N3O3. The number of hydrogen-bond donors (Lipinski definition) is 2. The normalized spacial score (nSPS) is 11.1. The molecule has 2 aromatic rings. The molecule has 0 spiro atoms. The van der Waals surface area contributed by atoms with E-state index in [1.165, 1.54) is 24.5 Å². The fourth-order valence-electron chi connectivity index (χ4n) is 2.05. The molecule has 1 aromatic heterocycles. The average Bonchev–Trinajstić information content (AvgIpc) is 2.45. The van der Waals surface area contributed by atoms with E-state index in [0.29, 0.717) is 0 Å². The second-order valence-electron chi connectivity index (χ2n) is 4.38. The second kappa shape index (κ2) is 5.95. The zero-order valence-electron chi connectivity index (χ0n) is 11.4. The Morgan fingerprint density at radius 2 is 1.78 bits per heavy atom. The minimum atomic E-state index is -5.04. The fraction of sp³-hybridized carbons (Fsp3) is 0.0714. The lowest BCUT2D eigenvalue weighted by Gasteiger charge is -2.17. The first-order valence-electron chi connectivity index (χ1n) is 6.13. The Kier molecular flexibility index (Phi) is 4.21. The Labute approximate surface area is 127 Å². The highest BCUT2D eigenvalue weighted by molar-refractivity contribution is 6.09. The van der Waals surface area contributed by atoms with Crippen LogP contribution in [-0.2, 0) is 0 Å². The maximum atomic E-state index is 12.5. The van der Waals surface area contributed by atoms with E-state index in [4.69, 9.17) is 11.5 Å². The van der Waals surface area contributed by atoms with Crippen LogP contribution in [0.25, 0.3) is 11.1 Å². The van der Waals surface area contributed by atoms with Gasteiger partial charge >= 0.3 is 6.36 Å². The van der Waals surface area contributed by atoms with Crippen molar-refractivity contribution in [3.63, 3.8) is 0 Å². The van der Waals surface area contributed by atoms with Gasteiger partial charge in [-0.05, 0) is 18.2 Å². The van der Waals surface area contributed by atoms with Crippen LogP contribution in [0.5, 0.6) is 5.75 Å². The molecule has 6 nitrogen and oxygen atoms in total. The van der Waals surface area contributed by atoms with Gasteiger partial charge in [-0.3, -0.25) is 14.6 Å². The number of hydrogen-bond acceptors (Lipinski definition) is 4. The molecule has 9 heteroatoms. The number of carbonyl (C=O) groups excluding carboxylic acids is 2. The predicted octanol–water partition coefficient (Wildman–Crippen LogP) is 1.84. The Morgan fingerprint density at radius 1 is 1.09 bits per heavy atom. The summed E-state index contributed by atoms with van der Waals surface area (Å²) >= 11 is 0. The van der Waals surface area contributed by atoms with Gasteiger partial charge in [0.1, 0.15) is 5.75 Å². The Morgan fingerprint density at radius 3 is 2.26 bits per heavy atom. The van der Waals surface area contributed by atoms with E-state index in [1.54, 1.807) is 0 Å². The van der Waals surface area contributed by atoms with E-state index in [2.05, 4.69) is 9.72 Å². The first kappa shape index (κ1) is 16.3. The standard InChI is InChI=1S/C14H10F3N3O3/c15-14(16,17)23-9-4-3-8(12(18)21)10(11(9)13(19)22)7-2-1-5-20-6-7/h1-6H,(H2,18,21)(H2,19,22). The predicted molar refractivity (Wildman–Crippen MR) is 73.4 cm³/mol. The van der Waals surface area contributed by atoms with Gasteiger partial charge in [-0.2, -0.15) is 0 Å². The highest BCUT2D eigenvalue weighted by Crippen LogP contribution is 2.36. The molecule has 0 aliphatic heterocycles. The lowest BCUT2D eigenvalue weighted by atomic mass is 9.93. The van der Waals surface area contributed by atoms with Crippen LogP contribution in [0.15, 0.2) is 36.7 Å². The van der Waals surface area contributed by atoms with E-state index >= 15 is 0 Å². The van der Waals surface area contributed by atoms with Gasteiger partial charge in [0.2, 0.25) is 5.91 Å². The topological polar surface area (TPSA) is 108 Å². The van der Waals surface area contributed by atoms with E-state index in [1.807, 2.05) is 0 Å². The molecule has 4 N–H and O–H groups in total. The van der Waals surface area contributed by atoms with Crippen LogP contribution in [0.3, 0.4) is 0 Å². The Hall–Kier alpha value is -3.10. The number of nitrogens with two attached hydrogens (primary N) is 2. The fourth-order valence-corrected chi connectivity index (χ4v) is 2.05. The van der Waals surface area contributed by atoms with Crippen molar-refractivity contribution in [3.8, 4) is 16.9 Å². The summed E-state index contributed by atoms with van der Waals surface area (Å²) in [7, 11) is 0. The number of primary amides is 2. The third-order valence-corrected chi connectivity index (χ3v) is 2.85. The summed E-state index contributed by atoms with van der Waals surface area (Å²) in [6, 6.07) is 4.76. The van der Waals surface area contributed by atoms with Crippen molar-refractivity contribution in [3.05, 3.63) is 47.8 Å². The van der Waals surface area contributed by atoms with Gasteiger partial charge in [0.25, 0.3) is 5.91 Å². The van der Waals surface area contributed by atoms with Crippen molar-refractivity contribution >= 4 is 11.8 Å². The minimum Gasteiger partial charge on any atom is -0.405 e.